The van der Waals surface area contributed by atoms with Gasteiger partial charge < -0.3 is 9.47 Å². The first-order valence-electron chi connectivity index (χ1n) is 11.2. The molecule has 0 N–H and O–H groups in total. The van der Waals surface area contributed by atoms with Crippen LogP contribution in [0.4, 0.5) is 0 Å². The molecule has 160 valence electrons. The minimum absolute atomic E-state index is 0.241. The lowest BCUT2D eigenvalue weighted by Gasteiger charge is -2.08. The van der Waals surface area contributed by atoms with Crippen molar-refractivity contribution in [1.29, 1.82) is 0 Å². The van der Waals surface area contributed by atoms with E-state index in [1.54, 1.807) is 12.1 Å². The zero-order valence-electron chi connectivity index (χ0n) is 17.7. The van der Waals surface area contributed by atoms with Crippen LogP contribution < -0.4 is 4.74 Å². The maximum Gasteiger partial charge on any atom is 0.338 e. The summed E-state index contributed by atoms with van der Waals surface area (Å²) >= 11 is 3.44. The molecular formula is C24H39BrO3. The smallest absolute Gasteiger partial charge is 0.338 e. The predicted octanol–water partition coefficient (Wildman–Crippen LogP) is 7.71. The normalized spacial score (nSPS) is 10.8. The van der Waals surface area contributed by atoms with E-state index in [0.717, 1.165) is 36.9 Å². The van der Waals surface area contributed by atoms with Gasteiger partial charge in [0, 0.05) is 5.33 Å². The van der Waals surface area contributed by atoms with Gasteiger partial charge in [-0.3, -0.25) is 0 Å². The molecule has 0 fully saturated rings. The SMILES string of the molecule is CCCCCCCCCCOc1ccc(C(=O)OCCCCCCCBr)cc1. The average molecular weight is 455 g/mol. The summed E-state index contributed by atoms with van der Waals surface area (Å²) in [5, 5.41) is 1.07. The number of benzene rings is 1. The van der Waals surface area contributed by atoms with Crippen LogP contribution >= 0.6 is 15.9 Å². The molecule has 0 amide bonds. The lowest BCUT2D eigenvalue weighted by atomic mass is 10.1. The molecule has 0 bridgehead atoms. The zero-order chi connectivity index (χ0) is 20.3. The number of hydrogen-bond acceptors (Lipinski definition) is 3. The van der Waals surface area contributed by atoms with Crippen molar-refractivity contribution in [1.82, 2.24) is 0 Å². The molecule has 1 rings (SSSR count). The zero-order valence-corrected chi connectivity index (χ0v) is 19.3. The molecular weight excluding hydrogens is 416 g/mol. The van der Waals surface area contributed by atoms with Gasteiger partial charge in [-0.25, -0.2) is 4.79 Å². The van der Waals surface area contributed by atoms with E-state index in [-0.39, 0.29) is 5.97 Å². The average Bonchev–Trinajstić information content (AvgIpc) is 2.72. The van der Waals surface area contributed by atoms with Gasteiger partial charge in [-0.1, -0.05) is 87.1 Å². The summed E-state index contributed by atoms with van der Waals surface area (Å²) < 4.78 is 11.1. The second-order valence-electron chi connectivity index (χ2n) is 7.44. The van der Waals surface area contributed by atoms with E-state index in [0.29, 0.717) is 12.2 Å². The number of unbranched alkanes of at least 4 members (excludes halogenated alkanes) is 11. The largest absolute Gasteiger partial charge is 0.494 e. The fraction of sp³-hybridized carbons (Fsp3) is 0.708. The fourth-order valence-electron chi connectivity index (χ4n) is 3.09. The Kier molecular flexibility index (Phi) is 16.1. The van der Waals surface area contributed by atoms with E-state index in [2.05, 4.69) is 22.9 Å². The predicted molar refractivity (Wildman–Crippen MR) is 122 cm³/mol. The molecule has 0 aliphatic heterocycles. The summed E-state index contributed by atoms with van der Waals surface area (Å²) in [6, 6.07) is 7.31. The van der Waals surface area contributed by atoms with Gasteiger partial charge >= 0.3 is 5.97 Å². The molecule has 0 saturated heterocycles. The Morgan fingerprint density at radius 2 is 1.29 bits per heavy atom. The van der Waals surface area contributed by atoms with E-state index in [4.69, 9.17) is 9.47 Å². The minimum Gasteiger partial charge on any atom is -0.494 e. The van der Waals surface area contributed by atoms with Crippen LogP contribution in [-0.4, -0.2) is 24.5 Å². The maximum atomic E-state index is 12.0. The standard InChI is InChI=1S/C24H39BrO3/c1-2-3-4-5-6-7-10-13-20-27-23-17-15-22(16-18-23)24(26)28-21-14-11-8-9-12-19-25/h15-18H,2-14,19-21H2,1H3. The van der Waals surface area contributed by atoms with Gasteiger partial charge in [0.15, 0.2) is 0 Å². The van der Waals surface area contributed by atoms with Crippen molar-refractivity contribution in [3.8, 4) is 5.75 Å². The van der Waals surface area contributed by atoms with Crippen LogP contribution in [0.3, 0.4) is 0 Å². The lowest BCUT2D eigenvalue weighted by Crippen LogP contribution is -2.06. The Morgan fingerprint density at radius 1 is 0.750 bits per heavy atom. The molecule has 0 radical (unpaired) electrons. The van der Waals surface area contributed by atoms with Crippen LogP contribution in [0.1, 0.15) is 101 Å². The molecule has 0 atom stereocenters. The number of halogens is 1. The molecule has 0 aliphatic carbocycles. The summed E-state index contributed by atoms with van der Waals surface area (Å²) in [5.41, 5.74) is 0.596. The molecule has 0 spiro atoms. The molecule has 3 nitrogen and oxygen atoms in total. The molecule has 0 aliphatic rings. The van der Waals surface area contributed by atoms with Crippen molar-refractivity contribution in [3.63, 3.8) is 0 Å². The van der Waals surface area contributed by atoms with Crippen LogP contribution in [0, 0.1) is 0 Å². The number of carbonyl (C=O) groups is 1. The maximum absolute atomic E-state index is 12.0. The monoisotopic (exact) mass is 454 g/mol. The van der Waals surface area contributed by atoms with Gasteiger partial charge in [0.25, 0.3) is 0 Å². The second-order valence-corrected chi connectivity index (χ2v) is 8.23. The Labute approximate surface area is 180 Å². The third-order valence-corrected chi connectivity index (χ3v) is 5.43. The van der Waals surface area contributed by atoms with Crippen LogP contribution in [-0.2, 0) is 4.74 Å². The van der Waals surface area contributed by atoms with E-state index in [1.807, 2.05) is 12.1 Å². The number of alkyl halides is 1. The highest BCUT2D eigenvalue weighted by Gasteiger charge is 2.07. The highest BCUT2D eigenvalue weighted by atomic mass is 79.9. The van der Waals surface area contributed by atoms with Crippen LogP contribution in [0.2, 0.25) is 0 Å². The first kappa shape index (κ1) is 25.0. The van der Waals surface area contributed by atoms with Gasteiger partial charge in [-0.2, -0.15) is 0 Å². The van der Waals surface area contributed by atoms with E-state index >= 15 is 0 Å². The Morgan fingerprint density at radius 3 is 1.89 bits per heavy atom. The van der Waals surface area contributed by atoms with Crippen molar-refractivity contribution in [3.05, 3.63) is 29.8 Å². The summed E-state index contributed by atoms with van der Waals surface area (Å²) in [6.07, 6.45) is 16.1. The lowest BCUT2D eigenvalue weighted by molar-refractivity contribution is 0.0497. The van der Waals surface area contributed by atoms with E-state index in [1.165, 1.54) is 64.2 Å². The molecule has 0 saturated carbocycles. The molecule has 0 heterocycles. The number of rotatable bonds is 18. The van der Waals surface area contributed by atoms with Crippen LogP contribution in [0.5, 0.6) is 5.75 Å². The molecule has 28 heavy (non-hydrogen) atoms. The third-order valence-electron chi connectivity index (χ3n) is 4.87. The molecule has 1 aromatic rings. The summed E-state index contributed by atoms with van der Waals surface area (Å²) in [5.74, 6) is 0.585. The number of carbonyl (C=O) groups excluding carboxylic acids is 1. The van der Waals surface area contributed by atoms with Crippen molar-refractivity contribution in [2.45, 2.75) is 90.4 Å². The van der Waals surface area contributed by atoms with Crippen molar-refractivity contribution >= 4 is 21.9 Å². The first-order valence-corrected chi connectivity index (χ1v) is 12.4. The van der Waals surface area contributed by atoms with E-state index in [9.17, 15) is 4.79 Å². The number of ether oxygens (including phenoxy) is 2. The minimum atomic E-state index is -0.241. The van der Waals surface area contributed by atoms with Crippen LogP contribution in [0.25, 0.3) is 0 Å². The van der Waals surface area contributed by atoms with Gasteiger partial charge in [0.2, 0.25) is 0 Å². The van der Waals surface area contributed by atoms with Gasteiger partial charge in [0.1, 0.15) is 5.75 Å². The number of esters is 1. The van der Waals surface area contributed by atoms with Gasteiger partial charge in [-0.05, 0) is 43.5 Å². The van der Waals surface area contributed by atoms with Crippen molar-refractivity contribution < 1.29 is 14.3 Å². The Balaban J connectivity index is 2.07. The van der Waals surface area contributed by atoms with Crippen molar-refractivity contribution in [2.75, 3.05) is 18.5 Å². The Hall–Kier alpha value is -1.03. The van der Waals surface area contributed by atoms with Gasteiger partial charge in [0.05, 0.1) is 18.8 Å². The summed E-state index contributed by atoms with van der Waals surface area (Å²) in [4.78, 5) is 12.0. The number of hydrogen-bond donors (Lipinski definition) is 0. The van der Waals surface area contributed by atoms with Crippen molar-refractivity contribution in [2.24, 2.45) is 0 Å². The Bertz CT molecular complexity index is 487. The third kappa shape index (κ3) is 13.2. The fourth-order valence-corrected chi connectivity index (χ4v) is 3.48. The molecule has 1 aromatic carbocycles. The summed E-state index contributed by atoms with van der Waals surface area (Å²) in [7, 11) is 0. The van der Waals surface area contributed by atoms with Crippen LogP contribution in [0.15, 0.2) is 24.3 Å². The second kappa shape index (κ2) is 18.0. The molecule has 4 heteroatoms. The summed E-state index contributed by atoms with van der Waals surface area (Å²) in [6.45, 7) is 3.50. The van der Waals surface area contributed by atoms with Gasteiger partial charge in [-0.15, -0.1) is 0 Å². The van der Waals surface area contributed by atoms with E-state index < -0.39 is 0 Å². The quantitative estimate of drug-likeness (QED) is 0.129. The molecule has 0 unspecified atom stereocenters. The highest BCUT2D eigenvalue weighted by molar-refractivity contribution is 9.09. The molecule has 0 aromatic heterocycles. The highest BCUT2D eigenvalue weighted by Crippen LogP contribution is 2.15. The topological polar surface area (TPSA) is 35.5 Å². The first-order chi connectivity index (χ1) is 13.8.